The maximum atomic E-state index is 13.4. The Labute approximate surface area is 105 Å². The van der Waals surface area contributed by atoms with Gasteiger partial charge >= 0.3 is 0 Å². The average molecular weight is 254 g/mol. The molecule has 98 valence electrons. The number of amides is 1. The Morgan fingerprint density at radius 2 is 1.89 bits per heavy atom. The zero-order valence-electron chi connectivity index (χ0n) is 10.3. The van der Waals surface area contributed by atoms with Crippen LogP contribution >= 0.6 is 0 Å². The van der Waals surface area contributed by atoms with Gasteiger partial charge in [-0.1, -0.05) is 12.1 Å². The van der Waals surface area contributed by atoms with Crippen molar-refractivity contribution in [2.24, 2.45) is 0 Å². The number of piperazine rings is 1. The van der Waals surface area contributed by atoms with Crippen LogP contribution in [-0.4, -0.2) is 48.9 Å². The Morgan fingerprint density at radius 1 is 1.22 bits per heavy atom. The van der Waals surface area contributed by atoms with Gasteiger partial charge in [-0.3, -0.25) is 4.79 Å². The summed E-state index contributed by atoms with van der Waals surface area (Å²) in [6, 6.07) is 3.93. The van der Waals surface area contributed by atoms with Crippen LogP contribution in [0, 0.1) is 11.6 Å². The van der Waals surface area contributed by atoms with E-state index in [0.29, 0.717) is 13.1 Å². The minimum Gasteiger partial charge on any atom is -0.340 e. The van der Waals surface area contributed by atoms with E-state index in [0.717, 1.165) is 19.2 Å². The van der Waals surface area contributed by atoms with Gasteiger partial charge in [0.2, 0.25) is 5.91 Å². The molecule has 3 nitrogen and oxygen atoms in total. The van der Waals surface area contributed by atoms with Crippen molar-refractivity contribution in [3.8, 4) is 0 Å². The van der Waals surface area contributed by atoms with Crippen molar-refractivity contribution in [1.29, 1.82) is 0 Å². The molecule has 1 fully saturated rings. The number of likely N-dealkylation sites (N-methyl/N-ethyl adjacent to an activating group) is 1. The smallest absolute Gasteiger partial charge is 0.227 e. The Kier molecular flexibility index (Phi) is 3.91. The summed E-state index contributed by atoms with van der Waals surface area (Å²) < 4.78 is 26.5. The van der Waals surface area contributed by atoms with Crippen LogP contribution in [0.5, 0.6) is 0 Å². The van der Waals surface area contributed by atoms with Crippen molar-refractivity contribution in [2.75, 3.05) is 33.2 Å². The molecule has 1 amide bonds. The average Bonchev–Trinajstić information content (AvgIpc) is 2.36. The van der Waals surface area contributed by atoms with E-state index in [9.17, 15) is 13.6 Å². The van der Waals surface area contributed by atoms with Gasteiger partial charge in [0, 0.05) is 31.7 Å². The largest absolute Gasteiger partial charge is 0.340 e. The second kappa shape index (κ2) is 5.44. The summed E-state index contributed by atoms with van der Waals surface area (Å²) in [4.78, 5) is 15.8. The zero-order valence-corrected chi connectivity index (χ0v) is 10.3. The van der Waals surface area contributed by atoms with E-state index in [2.05, 4.69) is 4.90 Å². The van der Waals surface area contributed by atoms with E-state index in [1.165, 1.54) is 12.1 Å². The number of nitrogens with zero attached hydrogens (tertiary/aromatic N) is 2. The van der Waals surface area contributed by atoms with Crippen LogP contribution in [0.15, 0.2) is 18.2 Å². The molecule has 0 bridgehead atoms. The van der Waals surface area contributed by atoms with Crippen molar-refractivity contribution in [1.82, 2.24) is 9.80 Å². The highest BCUT2D eigenvalue weighted by molar-refractivity contribution is 5.79. The summed E-state index contributed by atoms with van der Waals surface area (Å²) >= 11 is 0. The van der Waals surface area contributed by atoms with Gasteiger partial charge < -0.3 is 9.80 Å². The van der Waals surface area contributed by atoms with E-state index in [1.54, 1.807) is 4.90 Å². The molecule has 5 heteroatoms. The van der Waals surface area contributed by atoms with E-state index in [-0.39, 0.29) is 17.9 Å². The molecule has 1 aliphatic heterocycles. The molecule has 1 heterocycles. The Morgan fingerprint density at radius 3 is 2.56 bits per heavy atom. The molecule has 0 aliphatic carbocycles. The molecule has 1 saturated heterocycles. The summed E-state index contributed by atoms with van der Waals surface area (Å²) in [7, 11) is 1.99. The van der Waals surface area contributed by atoms with Gasteiger partial charge in [-0.15, -0.1) is 0 Å². The first-order valence-electron chi connectivity index (χ1n) is 5.97. The number of rotatable bonds is 2. The first kappa shape index (κ1) is 13.0. The number of benzene rings is 1. The van der Waals surface area contributed by atoms with E-state index in [4.69, 9.17) is 0 Å². The minimum atomic E-state index is -0.917. The summed E-state index contributed by atoms with van der Waals surface area (Å²) in [5, 5.41) is 0. The third-order valence-electron chi connectivity index (χ3n) is 3.23. The molecule has 1 aromatic carbocycles. The third-order valence-corrected chi connectivity index (χ3v) is 3.23. The second-order valence-electron chi connectivity index (χ2n) is 4.57. The Bertz CT molecular complexity index is 443. The first-order valence-corrected chi connectivity index (χ1v) is 5.97. The lowest BCUT2D eigenvalue weighted by Gasteiger charge is -2.32. The van der Waals surface area contributed by atoms with Crippen LogP contribution in [-0.2, 0) is 11.2 Å². The SMILES string of the molecule is CN1CCN(C(=O)Cc2cccc(F)c2F)CC1. The van der Waals surface area contributed by atoms with Crippen molar-refractivity contribution in [2.45, 2.75) is 6.42 Å². The second-order valence-corrected chi connectivity index (χ2v) is 4.57. The molecule has 0 saturated carbocycles. The summed E-state index contributed by atoms with van der Waals surface area (Å²) in [5.74, 6) is -1.97. The Hall–Kier alpha value is -1.49. The van der Waals surface area contributed by atoms with Crippen LogP contribution in [0.1, 0.15) is 5.56 Å². The van der Waals surface area contributed by atoms with Crippen molar-refractivity contribution >= 4 is 5.91 Å². The highest BCUT2D eigenvalue weighted by Gasteiger charge is 2.20. The number of carbonyl (C=O) groups excluding carboxylic acids is 1. The molecular weight excluding hydrogens is 238 g/mol. The standard InChI is InChI=1S/C13H16F2N2O/c1-16-5-7-17(8-6-16)12(18)9-10-3-2-4-11(14)13(10)15/h2-4H,5-9H2,1H3. The van der Waals surface area contributed by atoms with Gasteiger partial charge in [-0.05, 0) is 13.1 Å². The predicted molar refractivity (Wildman–Crippen MR) is 64.1 cm³/mol. The molecule has 18 heavy (non-hydrogen) atoms. The third kappa shape index (κ3) is 2.85. The maximum absolute atomic E-state index is 13.4. The fourth-order valence-electron chi connectivity index (χ4n) is 2.02. The minimum absolute atomic E-state index is 0.0761. The molecule has 1 aromatic rings. The number of halogens is 2. The van der Waals surface area contributed by atoms with E-state index < -0.39 is 11.6 Å². The van der Waals surface area contributed by atoms with Crippen LogP contribution in [0.4, 0.5) is 8.78 Å². The monoisotopic (exact) mass is 254 g/mol. The van der Waals surface area contributed by atoms with Gasteiger partial charge in [0.1, 0.15) is 0 Å². The lowest BCUT2D eigenvalue weighted by atomic mass is 10.1. The molecule has 0 radical (unpaired) electrons. The predicted octanol–water partition coefficient (Wildman–Crippen LogP) is 1.28. The summed E-state index contributed by atoms with van der Waals surface area (Å²) in [5.41, 5.74) is 0.124. The van der Waals surface area contributed by atoms with Gasteiger partial charge in [-0.2, -0.15) is 0 Å². The molecule has 0 aromatic heterocycles. The topological polar surface area (TPSA) is 23.6 Å². The molecule has 0 atom stereocenters. The van der Waals surface area contributed by atoms with Gasteiger partial charge in [0.25, 0.3) is 0 Å². The summed E-state index contributed by atoms with van der Waals surface area (Å²) in [6.07, 6.45) is -0.0761. The number of hydrogen-bond acceptors (Lipinski definition) is 2. The van der Waals surface area contributed by atoms with Crippen molar-refractivity contribution < 1.29 is 13.6 Å². The van der Waals surface area contributed by atoms with Crippen LogP contribution in [0.25, 0.3) is 0 Å². The van der Waals surface area contributed by atoms with Crippen LogP contribution < -0.4 is 0 Å². The molecule has 0 spiro atoms. The summed E-state index contributed by atoms with van der Waals surface area (Å²) in [6.45, 7) is 2.92. The highest BCUT2D eigenvalue weighted by Crippen LogP contribution is 2.13. The Balaban J connectivity index is 2.01. The lowest BCUT2D eigenvalue weighted by Crippen LogP contribution is -2.47. The van der Waals surface area contributed by atoms with Gasteiger partial charge in [0.05, 0.1) is 6.42 Å². The van der Waals surface area contributed by atoms with E-state index >= 15 is 0 Å². The molecule has 1 aliphatic rings. The fourth-order valence-corrected chi connectivity index (χ4v) is 2.02. The molecule has 2 rings (SSSR count). The molecular formula is C13H16F2N2O. The van der Waals surface area contributed by atoms with Crippen molar-refractivity contribution in [3.05, 3.63) is 35.4 Å². The van der Waals surface area contributed by atoms with Crippen molar-refractivity contribution in [3.63, 3.8) is 0 Å². The molecule has 0 N–H and O–H groups in total. The lowest BCUT2D eigenvalue weighted by molar-refractivity contribution is -0.132. The van der Waals surface area contributed by atoms with E-state index in [1.807, 2.05) is 7.05 Å². The van der Waals surface area contributed by atoms with Crippen LogP contribution in [0.3, 0.4) is 0 Å². The zero-order chi connectivity index (χ0) is 13.1. The highest BCUT2D eigenvalue weighted by atomic mass is 19.2. The first-order chi connectivity index (χ1) is 8.58. The fraction of sp³-hybridized carbons (Fsp3) is 0.462. The molecule has 0 unspecified atom stereocenters. The normalized spacial score (nSPS) is 16.9. The van der Waals surface area contributed by atoms with Crippen LogP contribution in [0.2, 0.25) is 0 Å². The number of hydrogen-bond donors (Lipinski definition) is 0. The quantitative estimate of drug-likeness (QED) is 0.794. The maximum Gasteiger partial charge on any atom is 0.227 e. The van der Waals surface area contributed by atoms with Gasteiger partial charge in [-0.25, -0.2) is 8.78 Å². The van der Waals surface area contributed by atoms with Gasteiger partial charge in [0.15, 0.2) is 11.6 Å². The number of carbonyl (C=O) groups is 1.